The smallest absolute Gasteiger partial charge is 0.326 e. The first-order valence-corrected chi connectivity index (χ1v) is 19.4. The van der Waals surface area contributed by atoms with Crippen LogP contribution in [0.2, 0.25) is 0 Å². The van der Waals surface area contributed by atoms with E-state index in [-0.39, 0.29) is 36.8 Å². The summed E-state index contributed by atoms with van der Waals surface area (Å²) in [6.07, 6.45) is 3.37. The zero-order chi connectivity index (χ0) is 38.6. The number of carbonyl (C=O) groups is 5. The van der Waals surface area contributed by atoms with Gasteiger partial charge in [-0.2, -0.15) is 0 Å². The quantitative estimate of drug-likeness (QED) is 0.142. The monoisotopic (exact) mass is 759 g/mol. The van der Waals surface area contributed by atoms with Gasteiger partial charge in [0, 0.05) is 43.2 Å². The van der Waals surface area contributed by atoms with Crippen molar-refractivity contribution < 1.29 is 29.1 Å². The Morgan fingerprint density at radius 3 is 1.85 bits per heavy atom. The molecule has 55 heavy (non-hydrogen) atoms. The highest BCUT2D eigenvalue weighted by Gasteiger charge is 2.33. The Morgan fingerprint density at radius 1 is 0.655 bits per heavy atom. The molecule has 11 nitrogen and oxygen atoms in total. The van der Waals surface area contributed by atoms with E-state index in [2.05, 4.69) is 26.6 Å². The Labute approximate surface area is 324 Å². The van der Waals surface area contributed by atoms with Crippen molar-refractivity contribution in [3.05, 3.63) is 137 Å². The molecule has 5 atom stereocenters. The predicted molar refractivity (Wildman–Crippen MR) is 214 cm³/mol. The summed E-state index contributed by atoms with van der Waals surface area (Å²) in [6.45, 7) is 0.292. The molecule has 0 aromatic heterocycles. The lowest BCUT2D eigenvalue weighted by molar-refractivity contribution is -0.142. The molecule has 2 bridgehead atoms. The van der Waals surface area contributed by atoms with Gasteiger partial charge in [0.15, 0.2) is 0 Å². The topological polar surface area (TPSA) is 166 Å². The van der Waals surface area contributed by atoms with Gasteiger partial charge in [-0.15, -0.1) is 11.8 Å². The fourth-order valence-electron chi connectivity index (χ4n) is 6.64. The Hall–Kier alpha value is -5.88. The molecule has 284 valence electrons. The Bertz CT molecular complexity index is 1970. The summed E-state index contributed by atoms with van der Waals surface area (Å²) in [4.78, 5) is 68.1. The number of amides is 4. The Balaban J connectivity index is 1.32. The third-order valence-corrected chi connectivity index (χ3v) is 10.8. The van der Waals surface area contributed by atoms with Crippen LogP contribution in [0, 0.1) is 0 Å². The van der Waals surface area contributed by atoms with E-state index in [0.29, 0.717) is 18.5 Å². The second kappa shape index (κ2) is 18.9. The highest BCUT2D eigenvalue weighted by atomic mass is 32.2. The van der Waals surface area contributed by atoms with Crippen molar-refractivity contribution >= 4 is 47.0 Å². The van der Waals surface area contributed by atoms with Crippen LogP contribution in [-0.4, -0.2) is 70.7 Å². The Kier molecular flexibility index (Phi) is 13.4. The third-order valence-electron chi connectivity index (χ3n) is 9.66. The van der Waals surface area contributed by atoms with Gasteiger partial charge in [-0.25, -0.2) is 4.79 Å². The molecule has 12 heteroatoms. The minimum absolute atomic E-state index is 0.00358. The number of carboxylic acids is 1. The van der Waals surface area contributed by atoms with Crippen LogP contribution in [0.4, 0.5) is 5.69 Å². The molecule has 1 unspecified atom stereocenters. The summed E-state index contributed by atoms with van der Waals surface area (Å²) in [5.74, 6) is -3.37. The number of benzene rings is 4. The van der Waals surface area contributed by atoms with E-state index in [4.69, 9.17) is 0 Å². The van der Waals surface area contributed by atoms with Crippen molar-refractivity contribution in [3.8, 4) is 11.1 Å². The van der Waals surface area contributed by atoms with E-state index in [1.165, 1.54) is 0 Å². The molecule has 4 amide bonds. The van der Waals surface area contributed by atoms with Crippen molar-refractivity contribution in [2.45, 2.75) is 67.9 Å². The summed E-state index contributed by atoms with van der Waals surface area (Å²) >= 11 is 1.59. The molecular weight excluding hydrogens is 715 g/mol. The SMILES string of the molecule is O=C1CCNc2ccc(cc2)C[C@@H](C(=O)O)NC(=O)[C@@H](Cc2ccccc2)NC(=O)[C@H](Cc2ccc(-c3ccccc3)cc2)NC(=O)[C@@H](CC2CC=CS2)N1. The lowest BCUT2D eigenvalue weighted by Gasteiger charge is -2.27. The molecule has 7 rings (SSSR count). The normalized spacial score (nSPS) is 22.4. The summed E-state index contributed by atoms with van der Waals surface area (Å²) in [6, 6.07) is 29.2. The first kappa shape index (κ1) is 38.8. The van der Waals surface area contributed by atoms with E-state index < -0.39 is 47.9 Å². The van der Waals surface area contributed by atoms with Crippen molar-refractivity contribution in [2.75, 3.05) is 11.9 Å². The van der Waals surface area contributed by atoms with Gasteiger partial charge >= 0.3 is 5.97 Å². The lowest BCUT2D eigenvalue weighted by atomic mass is 9.98. The van der Waals surface area contributed by atoms with E-state index >= 15 is 0 Å². The van der Waals surface area contributed by atoms with Gasteiger partial charge in [-0.05, 0) is 58.2 Å². The van der Waals surface area contributed by atoms with Gasteiger partial charge in [0.2, 0.25) is 23.6 Å². The molecule has 4 aromatic carbocycles. The first-order chi connectivity index (χ1) is 26.7. The molecule has 3 aliphatic rings. The van der Waals surface area contributed by atoms with Gasteiger partial charge in [-0.1, -0.05) is 103 Å². The number of carbonyl (C=O) groups excluding carboxylic acids is 4. The number of thioether (sulfide) groups is 1. The predicted octanol–water partition coefficient (Wildman–Crippen LogP) is 4.63. The largest absolute Gasteiger partial charge is 0.480 e. The zero-order valence-corrected chi connectivity index (χ0v) is 31.1. The number of hydrogen-bond donors (Lipinski definition) is 6. The summed E-state index contributed by atoms with van der Waals surface area (Å²) in [7, 11) is 0. The molecule has 3 aliphatic heterocycles. The second-order valence-corrected chi connectivity index (χ2v) is 15.0. The summed E-state index contributed by atoms with van der Waals surface area (Å²) in [5.41, 5.74) is 4.93. The van der Waals surface area contributed by atoms with Crippen LogP contribution in [0.25, 0.3) is 11.1 Å². The van der Waals surface area contributed by atoms with Gasteiger partial charge < -0.3 is 31.7 Å². The average molecular weight is 760 g/mol. The standard InChI is InChI=1S/C43H45N5O6S/c49-39-21-22-44-33-19-15-30(16-20-33)26-38(43(53)54)48-41(51)35(24-28-8-3-1-4-9-28)46-40(50)36(47-42(52)37(45-39)27-34-12-7-23-55-34)25-29-13-17-32(18-14-29)31-10-5-2-6-11-31/h1-11,13-20,23,34-38,44H,12,21-22,24-27H2,(H,45,49)(H,46,50)(H,47,52)(H,48,51)(H,53,54)/t34?,35-,36+,37-,38+/m1/s1. The fourth-order valence-corrected chi connectivity index (χ4v) is 7.61. The van der Waals surface area contributed by atoms with E-state index in [1.807, 2.05) is 96.4 Å². The molecule has 3 heterocycles. The second-order valence-electron chi connectivity index (χ2n) is 13.8. The summed E-state index contributed by atoms with van der Waals surface area (Å²) in [5, 5.41) is 26.7. The van der Waals surface area contributed by atoms with Crippen LogP contribution < -0.4 is 26.6 Å². The maximum absolute atomic E-state index is 14.4. The summed E-state index contributed by atoms with van der Waals surface area (Å²) < 4.78 is 0. The highest BCUT2D eigenvalue weighted by Crippen LogP contribution is 2.28. The van der Waals surface area contributed by atoms with Crippen molar-refractivity contribution in [2.24, 2.45) is 0 Å². The van der Waals surface area contributed by atoms with Gasteiger partial charge in [0.1, 0.15) is 24.2 Å². The van der Waals surface area contributed by atoms with Crippen LogP contribution in [0.15, 0.2) is 121 Å². The average Bonchev–Trinajstić information content (AvgIpc) is 3.71. The maximum atomic E-state index is 14.4. The van der Waals surface area contributed by atoms with Crippen molar-refractivity contribution in [1.82, 2.24) is 21.3 Å². The van der Waals surface area contributed by atoms with Crippen LogP contribution in [0.5, 0.6) is 0 Å². The molecule has 0 spiro atoms. The number of hydrogen-bond acceptors (Lipinski definition) is 7. The minimum atomic E-state index is -1.28. The van der Waals surface area contributed by atoms with Crippen LogP contribution >= 0.6 is 11.8 Å². The van der Waals surface area contributed by atoms with Crippen molar-refractivity contribution in [1.29, 1.82) is 0 Å². The minimum Gasteiger partial charge on any atom is -0.480 e. The number of anilines is 1. The maximum Gasteiger partial charge on any atom is 0.326 e. The first-order valence-electron chi connectivity index (χ1n) is 18.4. The van der Waals surface area contributed by atoms with Crippen LogP contribution in [0.3, 0.4) is 0 Å². The number of carboxylic acid groups (broad SMARTS) is 1. The van der Waals surface area contributed by atoms with Crippen LogP contribution in [0.1, 0.15) is 36.0 Å². The van der Waals surface area contributed by atoms with Gasteiger partial charge in [0.25, 0.3) is 0 Å². The molecule has 0 radical (unpaired) electrons. The van der Waals surface area contributed by atoms with E-state index in [1.54, 1.807) is 36.0 Å². The highest BCUT2D eigenvalue weighted by molar-refractivity contribution is 8.03. The van der Waals surface area contributed by atoms with Crippen molar-refractivity contribution in [3.63, 3.8) is 0 Å². The van der Waals surface area contributed by atoms with E-state index in [0.717, 1.165) is 34.4 Å². The molecule has 0 saturated heterocycles. The third kappa shape index (κ3) is 11.3. The number of fused-ring (bicyclic) bond motifs is 17. The molecular formula is C43H45N5O6S. The van der Waals surface area contributed by atoms with Crippen LogP contribution in [-0.2, 0) is 43.2 Å². The van der Waals surface area contributed by atoms with Gasteiger partial charge in [-0.3, -0.25) is 19.2 Å². The number of nitrogens with one attached hydrogen (secondary N) is 5. The molecule has 6 N–H and O–H groups in total. The van der Waals surface area contributed by atoms with E-state index in [9.17, 15) is 29.1 Å². The molecule has 4 aromatic rings. The number of rotatable bonds is 8. The number of allylic oxidation sites excluding steroid dienone is 1. The molecule has 0 fully saturated rings. The molecule has 0 saturated carbocycles. The molecule has 0 aliphatic carbocycles. The number of aliphatic carboxylic acids is 1. The lowest BCUT2D eigenvalue weighted by Crippen LogP contribution is -2.59. The fraction of sp³-hybridized carbons (Fsp3) is 0.279. The Morgan fingerprint density at radius 2 is 1.24 bits per heavy atom. The van der Waals surface area contributed by atoms with Gasteiger partial charge in [0.05, 0.1) is 0 Å². The zero-order valence-electron chi connectivity index (χ0n) is 30.3.